The molecule has 0 heterocycles. The van der Waals surface area contributed by atoms with Crippen LogP contribution in [0.2, 0.25) is 19.6 Å². The third kappa shape index (κ3) is 3.92. The molecule has 0 spiro atoms. The molecular formula is C13H20OSi. The third-order valence-corrected chi connectivity index (χ3v) is 3.01. The smallest absolute Gasteiger partial charge is 0.242 e. The van der Waals surface area contributed by atoms with Crippen LogP contribution in [0.3, 0.4) is 0 Å². The minimum absolute atomic E-state index is 0.988. The van der Waals surface area contributed by atoms with Crippen molar-refractivity contribution in [2.45, 2.75) is 33.5 Å². The second-order valence-corrected chi connectivity index (χ2v) is 9.14. The predicted octanol–water partition coefficient (Wildman–Crippen LogP) is 4.32. The highest BCUT2D eigenvalue weighted by molar-refractivity contribution is 6.70. The van der Waals surface area contributed by atoms with Crippen molar-refractivity contribution >= 4 is 13.9 Å². The van der Waals surface area contributed by atoms with Gasteiger partial charge in [-0.1, -0.05) is 18.2 Å². The molecule has 0 amide bonds. The van der Waals surface area contributed by atoms with Crippen molar-refractivity contribution in [2.24, 2.45) is 0 Å². The molecule has 1 nitrogen and oxygen atoms in total. The van der Waals surface area contributed by atoms with Crippen molar-refractivity contribution in [1.29, 1.82) is 0 Å². The first-order chi connectivity index (χ1) is 6.92. The van der Waals surface area contributed by atoms with Crippen molar-refractivity contribution < 1.29 is 4.43 Å². The maximum Gasteiger partial charge on any atom is 0.242 e. The van der Waals surface area contributed by atoms with Crippen LogP contribution in [0.25, 0.3) is 5.57 Å². The molecule has 1 rings (SSSR count). The zero-order chi connectivity index (χ0) is 11.5. The first-order valence-corrected chi connectivity index (χ1v) is 8.75. The van der Waals surface area contributed by atoms with Crippen molar-refractivity contribution in [3.63, 3.8) is 0 Å². The normalized spacial score (nSPS) is 12.7. The van der Waals surface area contributed by atoms with Gasteiger partial charge in [0, 0.05) is 0 Å². The van der Waals surface area contributed by atoms with Gasteiger partial charge >= 0.3 is 0 Å². The fourth-order valence-electron chi connectivity index (χ4n) is 1.31. The molecule has 0 unspecified atom stereocenters. The Hall–Kier alpha value is -1.02. The Morgan fingerprint density at radius 1 is 1.13 bits per heavy atom. The van der Waals surface area contributed by atoms with Gasteiger partial charge in [0.2, 0.25) is 8.32 Å². The summed E-state index contributed by atoms with van der Waals surface area (Å²) >= 11 is 0. The van der Waals surface area contributed by atoms with E-state index in [2.05, 4.69) is 63.8 Å². The van der Waals surface area contributed by atoms with Crippen molar-refractivity contribution in [3.8, 4) is 5.75 Å². The van der Waals surface area contributed by atoms with E-state index in [9.17, 15) is 0 Å². The van der Waals surface area contributed by atoms with Gasteiger partial charge in [0.25, 0.3) is 0 Å². The molecular weight excluding hydrogens is 200 g/mol. The molecule has 0 saturated heterocycles. The quantitative estimate of drug-likeness (QED) is 0.689. The molecule has 0 N–H and O–H groups in total. The second-order valence-electron chi connectivity index (χ2n) is 4.71. The predicted molar refractivity (Wildman–Crippen MR) is 69.7 cm³/mol. The van der Waals surface area contributed by atoms with Crippen molar-refractivity contribution in [3.05, 3.63) is 35.9 Å². The summed E-state index contributed by atoms with van der Waals surface area (Å²) in [6.45, 7) is 10.8. The van der Waals surface area contributed by atoms with E-state index in [0.29, 0.717) is 0 Å². The van der Waals surface area contributed by atoms with E-state index >= 15 is 0 Å². The highest BCUT2D eigenvalue weighted by atomic mass is 28.4. The average molecular weight is 220 g/mol. The SMILES string of the molecule is CC=C(C)c1ccc(O[Si](C)(C)C)cc1. The summed E-state index contributed by atoms with van der Waals surface area (Å²) in [6.07, 6.45) is 2.12. The molecule has 2 heteroatoms. The van der Waals surface area contributed by atoms with Crippen molar-refractivity contribution in [2.75, 3.05) is 0 Å². The summed E-state index contributed by atoms with van der Waals surface area (Å²) in [5, 5.41) is 0. The highest BCUT2D eigenvalue weighted by Gasteiger charge is 2.15. The zero-order valence-electron chi connectivity index (χ0n) is 10.3. The Kier molecular flexibility index (Phi) is 3.75. The summed E-state index contributed by atoms with van der Waals surface area (Å²) in [7, 11) is -1.47. The number of hydrogen-bond donors (Lipinski definition) is 0. The molecule has 15 heavy (non-hydrogen) atoms. The lowest BCUT2D eigenvalue weighted by Crippen LogP contribution is -2.29. The van der Waals surface area contributed by atoms with E-state index in [1.165, 1.54) is 11.1 Å². The summed E-state index contributed by atoms with van der Waals surface area (Å²) < 4.78 is 5.89. The lowest BCUT2D eigenvalue weighted by atomic mass is 10.1. The molecule has 0 atom stereocenters. The number of allylic oxidation sites excluding steroid dienone is 2. The van der Waals surface area contributed by atoms with E-state index in [1.54, 1.807) is 0 Å². The van der Waals surface area contributed by atoms with Crippen LogP contribution in [0.4, 0.5) is 0 Å². The van der Waals surface area contributed by atoms with Gasteiger partial charge < -0.3 is 4.43 Å². The second kappa shape index (κ2) is 4.66. The van der Waals surface area contributed by atoms with Gasteiger partial charge in [-0.05, 0) is 56.8 Å². The molecule has 0 saturated carbocycles. The average Bonchev–Trinajstić information content (AvgIpc) is 2.15. The molecule has 0 radical (unpaired) electrons. The Morgan fingerprint density at radius 3 is 2.07 bits per heavy atom. The molecule has 1 aromatic rings. The van der Waals surface area contributed by atoms with Crippen LogP contribution in [0, 0.1) is 0 Å². The topological polar surface area (TPSA) is 9.23 Å². The first-order valence-electron chi connectivity index (χ1n) is 5.35. The summed E-state index contributed by atoms with van der Waals surface area (Å²) in [6, 6.07) is 8.34. The van der Waals surface area contributed by atoms with E-state index in [4.69, 9.17) is 4.43 Å². The van der Waals surface area contributed by atoms with Crippen LogP contribution in [0.15, 0.2) is 30.3 Å². The lowest BCUT2D eigenvalue weighted by Gasteiger charge is -2.19. The van der Waals surface area contributed by atoms with Gasteiger partial charge in [-0.25, -0.2) is 0 Å². The number of hydrogen-bond acceptors (Lipinski definition) is 1. The fraction of sp³-hybridized carbons (Fsp3) is 0.385. The van der Waals surface area contributed by atoms with Crippen LogP contribution >= 0.6 is 0 Å². The van der Waals surface area contributed by atoms with E-state index in [0.717, 1.165) is 5.75 Å². The largest absolute Gasteiger partial charge is 0.544 e. The Bertz CT molecular complexity index is 344. The highest BCUT2D eigenvalue weighted by Crippen LogP contribution is 2.20. The van der Waals surface area contributed by atoms with Crippen LogP contribution in [0.5, 0.6) is 5.75 Å². The molecule has 0 aliphatic rings. The van der Waals surface area contributed by atoms with Crippen LogP contribution in [-0.4, -0.2) is 8.32 Å². The summed E-state index contributed by atoms with van der Waals surface area (Å²) in [5.74, 6) is 0.988. The van der Waals surface area contributed by atoms with Gasteiger partial charge in [-0.15, -0.1) is 0 Å². The van der Waals surface area contributed by atoms with E-state index in [1.807, 2.05) is 0 Å². The monoisotopic (exact) mass is 220 g/mol. The molecule has 0 aromatic heterocycles. The minimum Gasteiger partial charge on any atom is -0.544 e. The Morgan fingerprint density at radius 2 is 1.67 bits per heavy atom. The molecule has 1 aromatic carbocycles. The maximum atomic E-state index is 5.89. The van der Waals surface area contributed by atoms with Gasteiger partial charge in [-0.3, -0.25) is 0 Å². The molecule has 0 aliphatic carbocycles. The van der Waals surface area contributed by atoms with Gasteiger partial charge in [-0.2, -0.15) is 0 Å². The summed E-state index contributed by atoms with van der Waals surface area (Å²) in [4.78, 5) is 0. The molecule has 0 aliphatic heterocycles. The molecule has 0 bridgehead atoms. The van der Waals surface area contributed by atoms with E-state index < -0.39 is 8.32 Å². The summed E-state index contributed by atoms with van der Waals surface area (Å²) in [5.41, 5.74) is 2.56. The molecule has 0 fully saturated rings. The number of rotatable bonds is 3. The standard InChI is InChI=1S/C13H20OSi/c1-6-11(2)12-7-9-13(10-8-12)14-15(3,4)5/h6-10H,1-5H3. The van der Waals surface area contributed by atoms with Gasteiger partial charge in [0.05, 0.1) is 0 Å². The fourth-order valence-corrected chi connectivity index (χ4v) is 2.15. The Balaban J connectivity index is 2.82. The van der Waals surface area contributed by atoms with E-state index in [-0.39, 0.29) is 0 Å². The molecule has 82 valence electrons. The Labute approximate surface area is 93.9 Å². The van der Waals surface area contributed by atoms with Gasteiger partial charge in [0.15, 0.2) is 0 Å². The van der Waals surface area contributed by atoms with Crippen LogP contribution < -0.4 is 4.43 Å². The lowest BCUT2D eigenvalue weighted by molar-refractivity contribution is 0.557. The van der Waals surface area contributed by atoms with Crippen LogP contribution in [0.1, 0.15) is 19.4 Å². The van der Waals surface area contributed by atoms with Crippen LogP contribution in [-0.2, 0) is 0 Å². The number of benzene rings is 1. The third-order valence-electron chi connectivity index (χ3n) is 2.17. The first kappa shape index (κ1) is 12.0. The van der Waals surface area contributed by atoms with Crippen molar-refractivity contribution in [1.82, 2.24) is 0 Å². The maximum absolute atomic E-state index is 5.89. The van der Waals surface area contributed by atoms with Gasteiger partial charge in [0.1, 0.15) is 5.75 Å². The zero-order valence-corrected chi connectivity index (χ0v) is 11.3. The minimum atomic E-state index is -1.47.